The number of nitriles is 1. The number of carbonyl (C=O) groups excluding carboxylic acids is 1. The molecule has 0 amide bonds. The van der Waals surface area contributed by atoms with E-state index in [0.29, 0.717) is 4.47 Å². The standard InChI is InChI=1S/C11H9BrN2O4/c1-2-18-11(15)9(6-13)8-4-3-7(12)5-10(8)14(16)17/h3-5,9H,2H2,1H3. The number of halogens is 1. The van der Waals surface area contributed by atoms with Gasteiger partial charge in [0.05, 0.1) is 23.2 Å². The fourth-order valence-corrected chi connectivity index (χ4v) is 1.74. The monoisotopic (exact) mass is 312 g/mol. The van der Waals surface area contributed by atoms with Crippen molar-refractivity contribution >= 4 is 27.6 Å². The quantitative estimate of drug-likeness (QED) is 0.484. The van der Waals surface area contributed by atoms with Crippen molar-refractivity contribution in [2.24, 2.45) is 0 Å². The minimum absolute atomic E-state index is 0.0316. The lowest BCUT2D eigenvalue weighted by Gasteiger charge is -2.09. The van der Waals surface area contributed by atoms with Crippen LogP contribution in [0.25, 0.3) is 0 Å². The van der Waals surface area contributed by atoms with Crippen LogP contribution < -0.4 is 0 Å². The minimum Gasteiger partial charge on any atom is -0.465 e. The number of hydrogen-bond donors (Lipinski definition) is 0. The van der Waals surface area contributed by atoms with Crippen LogP contribution in [-0.2, 0) is 9.53 Å². The Balaban J connectivity index is 3.26. The maximum Gasteiger partial charge on any atom is 0.328 e. The predicted octanol–water partition coefficient (Wildman–Crippen LogP) is 2.53. The summed E-state index contributed by atoms with van der Waals surface area (Å²) in [4.78, 5) is 21.8. The Labute approximate surface area is 111 Å². The maximum atomic E-state index is 11.6. The third-order valence-electron chi connectivity index (χ3n) is 2.15. The first-order chi connectivity index (χ1) is 8.51. The average molecular weight is 313 g/mol. The Morgan fingerprint density at radius 1 is 1.67 bits per heavy atom. The molecular formula is C11H9BrN2O4. The molecule has 1 atom stereocenters. The van der Waals surface area contributed by atoms with Gasteiger partial charge in [-0.1, -0.05) is 15.9 Å². The van der Waals surface area contributed by atoms with Gasteiger partial charge in [-0.25, -0.2) is 0 Å². The number of nitro groups is 1. The fraction of sp³-hybridized carbons (Fsp3) is 0.273. The zero-order valence-electron chi connectivity index (χ0n) is 9.42. The number of hydrogen-bond acceptors (Lipinski definition) is 5. The number of nitrogens with zero attached hydrogens (tertiary/aromatic N) is 2. The molecule has 0 aliphatic carbocycles. The summed E-state index contributed by atoms with van der Waals surface area (Å²) < 4.78 is 5.22. The maximum absolute atomic E-state index is 11.6. The molecule has 7 heteroatoms. The van der Waals surface area contributed by atoms with Crippen LogP contribution >= 0.6 is 15.9 Å². The molecule has 0 bridgehead atoms. The molecule has 1 unspecified atom stereocenters. The molecule has 1 aromatic rings. The fourth-order valence-electron chi connectivity index (χ4n) is 1.39. The molecule has 1 rings (SSSR count). The lowest BCUT2D eigenvalue weighted by atomic mass is 9.99. The molecule has 0 aliphatic heterocycles. The van der Waals surface area contributed by atoms with E-state index < -0.39 is 16.8 Å². The minimum atomic E-state index is -1.29. The first-order valence-corrected chi connectivity index (χ1v) is 5.80. The molecule has 0 spiro atoms. The number of nitro benzene ring substituents is 1. The summed E-state index contributed by atoms with van der Waals surface area (Å²) in [6, 6.07) is 5.87. The first kappa shape index (κ1) is 14.1. The predicted molar refractivity (Wildman–Crippen MR) is 65.8 cm³/mol. The lowest BCUT2D eigenvalue weighted by Crippen LogP contribution is -2.15. The molecule has 0 fully saturated rings. The van der Waals surface area contributed by atoms with E-state index >= 15 is 0 Å². The molecule has 0 aliphatic rings. The molecule has 0 N–H and O–H groups in total. The third-order valence-corrected chi connectivity index (χ3v) is 2.64. The Morgan fingerprint density at radius 2 is 2.33 bits per heavy atom. The highest BCUT2D eigenvalue weighted by molar-refractivity contribution is 9.10. The highest BCUT2D eigenvalue weighted by atomic mass is 79.9. The number of benzene rings is 1. The second kappa shape index (κ2) is 6.12. The van der Waals surface area contributed by atoms with E-state index in [-0.39, 0.29) is 17.9 Å². The molecule has 0 saturated carbocycles. The van der Waals surface area contributed by atoms with Gasteiger partial charge >= 0.3 is 5.97 Å². The van der Waals surface area contributed by atoms with Crippen LogP contribution in [-0.4, -0.2) is 17.5 Å². The summed E-state index contributed by atoms with van der Waals surface area (Å²) in [6.45, 7) is 1.71. The SMILES string of the molecule is CCOC(=O)C(C#N)c1ccc(Br)cc1[N+](=O)[O-]. The Hall–Kier alpha value is -1.94. The van der Waals surface area contributed by atoms with Crippen molar-refractivity contribution in [1.82, 2.24) is 0 Å². The van der Waals surface area contributed by atoms with Gasteiger partial charge in [0.25, 0.3) is 5.69 Å². The van der Waals surface area contributed by atoms with Crippen LogP contribution in [0.5, 0.6) is 0 Å². The lowest BCUT2D eigenvalue weighted by molar-refractivity contribution is -0.385. The summed E-state index contributed by atoms with van der Waals surface area (Å²) in [5.74, 6) is -2.08. The van der Waals surface area contributed by atoms with Gasteiger partial charge in [-0.05, 0) is 19.1 Å². The number of ether oxygens (including phenoxy) is 1. The van der Waals surface area contributed by atoms with Gasteiger partial charge in [-0.15, -0.1) is 0 Å². The van der Waals surface area contributed by atoms with Gasteiger partial charge in [0.2, 0.25) is 0 Å². The molecule has 6 nitrogen and oxygen atoms in total. The molecule has 94 valence electrons. The molecule has 0 aromatic heterocycles. The van der Waals surface area contributed by atoms with Gasteiger partial charge < -0.3 is 4.74 Å². The summed E-state index contributed by atoms with van der Waals surface area (Å²) >= 11 is 3.10. The second-order valence-corrected chi connectivity index (χ2v) is 4.19. The van der Waals surface area contributed by atoms with Crippen molar-refractivity contribution in [2.75, 3.05) is 6.61 Å². The van der Waals surface area contributed by atoms with Crippen molar-refractivity contribution in [2.45, 2.75) is 12.8 Å². The normalized spacial score (nSPS) is 11.4. The molecule has 18 heavy (non-hydrogen) atoms. The van der Waals surface area contributed by atoms with E-state index in [2.05, 4.69) is 15.9 Å². The van der Waals surface area contributed by atoms with Crippen LogP contribution in [0.15, 0.2) is 22.7 Å². The van der Waals surface area contributed by atoms with Gasteiger partial charge in [-0.2, -0.15) is 5.26 Å². The molecule has 0 saturated heterocycles. The summed E-state index contributed by atoms with van der Waals surface area (Å²) in [5, 5.41) is 19.9. The van der Waals surface area contributed by atoms with Crippen molar-refractivity contribution in [3.63, 3.8) is 0 Å². The molecule has 1 aromatic carbocycles. The van der Waals surface area contributed by atoms with Crippen LogP contribution in [0.1, 0.15) is 18.4 Å². The number of rotatable bonds is 4. The zero-order chi connectivity index (χ0) is 13.7. The molecule has 0 heterocycles. The Bertz CT molecular complexity index is 524. The van der Waals surface area contributed by atoms with Gasteiger partial charge in [0.15, 0.2) is 5.92 Å². The third kappa shape index (κ3) is 3.05. The highest BCUT2D eigenvalue weighted by Crippen LogP contribution is 2.30. The number of carbonyl (C=O) groups is 1. The van der Waals surface area contributed by atoms with Crippen LogP contribution in [0.2, 0.25) is 0 Å². The van der Waals surface area contributed by atoms with Crippen molar-refractivity contribution in [3.8, 4) is 6.07 Å². The van der Waals surface area contributed by atoms with E-state index in [4.69, 9.17) is 10.00 Å². The van der Waals surface area contributed by atoms with E-state index in [0.717, 1.165) is 0 Å². The van der Waals surface area contributed by atoms with Gasteiger partial charge in [0.1, 0.15) is 0 Å². The van der Waals surface area contributed by atoms with Crippen LogP contribution in [0.4, 0.5) is 5.69 Å². The van der Waals surface area contributed by atoms with E-state index in [1.807, 2.05) is 0 Å². The van der Waals surface area contributed by atoms with Gasteiger partial charge in [0, 0.05) is 10.5 Å². The Morgan fingerprint density at radius 3 is 2.83 bits per heavy atom. The van der Waals surface area contributed by atoms with Gasteiger partial charge in [-0.3, -0.25) is 14.9 Å². The van der Waals surface area contributed by atoms with Crippen LogP contribution in [0.3, 0.4) is 0 Å². The zero-order valence-corrected chi connectivity index (χ0v) is 11.0. The second-order valence-electron chi connectivity index (χ2n) is 3.27. The average Bonchev–Trinajstić information content (AvgIpc) is 2.32. The largest absolute Gasteiger partial charge is 0.465 e. The Kier molecular flexibility index (Phi) is 4.80. The smallest absolute Gasteiger partial charge is 0.328 e. The summed E-state index contributed by atoms with van der Waals surface area (Å²) in [5.41, 5.74) is -0.256. The summed E-state index contributed by atoms with van der Waals surface area (Å²) in [7, 11) is 0. The first-order valence-electron chi connectivity index (χ1n) is 5.01. The number of esters is 1. The van der Waals surface area contributed by atoms with E-state index in [9.17, 15) is 14.9 Å². The van der Waals surface area contributed by atoms with E-state index in [1.165, 1.54) is 18.2 Å². The van der Waals surface area contributed by atoms with Crippen molar-refractivity contribution in [3.05, 3.63) is 38.3 Å². The highest BCUT2D eigenvalue weighted by Gasteiger charge is 2.29. The van der Waals surface area contributed by atoms with Crippen molar-refractivity contribution < 1.29 is 14.5 Å². The van der Waals surface area contributed by atoms with Crippen LogP contribution in [0, 0.1) is 21.4 Å². The molecular weight excluding hydrogens is 304 g/mol. The molecule has 0 radical (unpaired) electrons. The van der Waals surface area contributed by atoms with E-state index in [1.54, 1.807) is 13.0 Å². The topological polar surface area (TPSA) is 93.2 Å². The van der Waals surface area contributed by atoms with Crippen molar-refractivity contribution in [1.29, 1.82) is 5.26 Å². The summed E-state index contributed by atoms with van der Waals surface area (Å²) in [6.07, 6.45) is 0.